The van der Waals surface area contributed by atoms with Crippen LogP contribution in [0.5, 0.6) is 0 Å². The Morgan fingerprint density at radius 3 is 0.912 bits per heavy atom. The Kier molecular flexibility index (Phi) is 15.0. The number of furan rings is 2. The van der Waals surface area contributed by atoms with Crippen molar-refractivity contribution in [2.45, 2.75) is 262 Å². The summed E-state index contributed by atoms with van der Waals surface area (Å²) in [6, 6.07) is -4.80. The van der Waals surface area contributed by atoms with Crippen LogP contribution in [0.1, 0.15) is 307 Å². The van der Waals surface area contributed by atoms with Crippen molar-refractivity contribution in [2.75, 3.05) is 20.0 Å². The van der Waals surface area contributed by atoms with Gasteiger partial charge in [0.2, 0.25) is 0 Å². The molecule has 0 aliphatic carbocycles. The molecule has 0 aliphatic rings. The molecule has 0 unspecified atom stereocenters. The average Bonchev–Trinajstić information content (AvgIpc) is 1.66. The first-order valence-electron chi connectivity index (χ1n) is 53.7. The molecule has 596 valence electrons. The Morgan fingerprint density at radius 2 is 0.549 bits per heavy atom. The zero-order valence-electron chi connectivity index (χ0n) is 103. The molecule has 0 saturated heterocycles. The fourth-order valence-electron chi connectivity index (χ4n) is 11.1. The van der Waals surface area contributed by atoms with Crippen LogP contribution in [0.15, 0.2) is 227 Å². The lowest BCUT2D eigenvalue weighted by Gasteiger charge is -2.34. The van der Waals surface area contributed by atoms with Gasteiger partial charge in [0.05, 0.1) is 84.6 Å². The molecule has 12 aromatic rings. The van der Waals surface area contributed by atoms with Gasteiger partial charge in [0.15, 0.2) is 0 Å². The van der Waals surface area contributed by atoms with Crippen LogP contribution in [0.25, 0.3) is 21.9 Å². The summed E-state index contributed by atoms with van der Waals surface area (Å²) in [5.41, 5.74) is -8.32. The number of hydrogen-bond acceptors (Lipinski definition) is 6. The van der Waals surface area contributed by atoms with Crippen molar-refractivity contribution >= 4 is 119 Å². The molecule has 2 heterocycles. The lowest BCUT2D eigenvalue weighted by atomic mass is 9.85. The SMILES string of the molecule is [2H]c1c([2H])c(Nc2c([2H])c([2H])c(C(C)(C)C)c([2H])c2[2H])c([2H])c(C(C)(C)C)c1[2H].[2H]c1oc2c([2H])c([2H])c(C(C)(C)C)c([2H])c2c1N(c1cc(C(C)(C)C)cc(Cl)c1Cl)c1c([2H])c([2H])c(C(C)(C)C)c([2H])c1[2H].[2H]c1oc2c([2H])c([2H])c(C(C)(C)C)c([2H])c2c1N(c1cc(C(C)(C)C)cc(N(c2c([2H])c([2H])c(C(C)(C)C)c([2H])c2[2H])c2c([2H])c([2H])c([2H])c(C(C)(C)C)c2[2H])c1Cl)c1c([2H])c([2H])c(C(C)(C)C)c([2H])c1[2H]. The highest BCUT2D eigenvalue weighted by Crippen LogP contribution is 2.53. The van der Waals surface area contributed by atoms with Gasteiger partial charge in [0.1, 0.15) is 26.4 Å². The second-order valence-electron chi connectivity index (χ2n) is 38.7. The van der Waals surface area contributed by atoms with Crippen LogP contribution in [-0.4, -0.2) is 0 Å². The molecular formula is C104H127Cl3N4O2. The van der Waals surface area contributed by atoms with Crippen LogP contribution in [0, 0.1) is 0 Å². The molecule has 0 radical (unpaired) electrons. The Hall–Kier alpha value is -8.65. The molecule has 9 heteroatoms. The van der Waals surface area contributed by atoms with Gasteiger partial charge in [-0.15, -0.1) is 0 Å². The summed E-state index contributed by atoms with van der Waals surface area (Å²) in [5.74, 6) is 0. The predicted molar refractivity (Wildman–Crippen MR) is 495 cm³/mol. The Morgan fingerprint density at radius 1 is 0.257 bits per heavy atom. The molecule has 10 aromatic carbocycles. The lowest BCUT2D eigenvalue weighted by Crippen LogP contribution is -2.19. The maximum Gasteiger partial charge on any atom is 0.136 e. The number of benzene rings is 10. The predicted octanol–water partition coefficient (Wildman–Crippen LogP) is 33.6. The number of halogens is 3. The third kappa shape index (κ3) is 20.5. The fraction of sp³-hybridized carbons (Fsp3) is 0.385. The highest BCUT2D eigenvalue weighted by Gasteiger charge is 2.33. The molecule has 0 amide bonds. The van der Waals surface area contributed by atoms with Crippen molar-refractivity contribution in [3.05, 3.63) is 289 Å². The maximum absolute atomic E-state index is 9.84. The minimum Gasteiger partial charge on any atom is -0.462 e. The zero-order valence-corrected chi connectivity index (χ0v) is 73.4. The van der Waals surface area contributed by atoms with Crippen molar-refractivity contribution < 1.29 is 52.7 Å². The van der Waals surface area contributed by atoms with Gasteiger partial charge in [-0.1, -0.05) is 327 Å². The van der Waals surface area contributed by atoms with E-state index in [-0.39, 0.29) is 230 Å². The van der Waals surface area contributed by atoms with Crippen molar-refractivity contribution in [1.29, 1.82) is 0 Å². The van der Waals surface area contributed by atoms with Crippen LogP contribution in [0.2, 0.25) is 15.1 Å². The molecule has 12 rings (SSSR count). The van der Waals surface area contributed by atoms with Gasteiger partial charge in [0.25, 0.3) is 0 Å². The second kappa shape index (κ2) is 32.2. The van der Waals surface area contributed by atoms with Gasteiger partial charge in [-0.2, -0.15) is 0 Å². The molecule has 2 aromatic heterocycles. The minimum absolute atomic E-state index is 0.0195. The first-order valence-corrected chi connectivity index (χ1v) is 38.8. The van der Waals surface area contributed by atoms with Gasteiger partial charge in [-0.3, -0.25) is 0 Å². The highest BCUT2D eigenvalue weighted by atomic mass is 35.5. The average molecular weight is 1600 g/mol. The summed E-state index contributed by atoms with van der Waals surface area (Å²) in [4.78, 5) is 3.56. The van der Waals surface area contributed by atoms with Crippen molar-refractivity contribution in [2.24, 2.45) is 0 Å². The quantitative estimate of drug-likeness (QED) is 0.139. The Labute approximate surface area is 739 Å². The Balaban J connectivity index is 0.000000249. The molecule has 6 nitrogen and oxygen atoms in total. The van der Waals surface area contributed by atoms with Gasteiger partial charge >= 0.3 is 0 Å². The smallest absolute Gasteiger partial charge is 0.136 e. The van der Waals surface area contributed by atoms with E-state index in [9.17, 15) is 20.6 Å². The molecular weight excluding hydrogens is 1440 g/mol. The van der Waals surface area contributed by atoms with E-state index < -0.39 is 162 Å². The minimum atomic E-state index is -0.999. The van der Waals surface area contributed by atoms with E-state index in [1.54, 1.807) is 149 Å². The number of nitrogens with zero attached hydrogens (tertiary/aromatic N) is 3. The number of hydrogen-bond donors (Lipinski definition) is 1. The third-order valence-electron chi connectivity index (χ3n) is 18.3. The molecule has 0 saturated carbocycles. The summed E-state index contributed by atoms with van der Waals surface area (Å²) in [6.45, 7) is 54.0. The Bertz CT molecular complexity index is 7220. The van der Waals surface area contributed by atoms with Gasteiger partial charge < -0.3 is 28.9 Å². The van der Waals surface area contributed by atoms with E-state index >= 15 is 0 Å². The molecule has 0 aliphatic heterocycles. The highest BCUT2D eigenvalue weighted by molar-refractivity contribution is 6.44. The number of anilines is 11. The molecule has 0 bridgehead atoms. The molecule has 113 heavy (non-hydrogen) atoms. The van der Waals surface area contributed by atoms with Gasteiger partial charge in [0, 0.05) is 44.9 Å². The van der Waals surface area contributed by atoms with Gasteiger partial charge in [-0.25, -0.2) is 0 Å². The second-order valence-corrected chi connectivity index (χ2v) is 39.8. The van der Waals surface area contributed by atoms with Gasteiger partial charge in [-0.05, 0) is 231 Å². The van der Waals surface area contributed by atoms with Crippen molar-refractivity contribution in [3.8, 4) is 0 Å². The molecule has 0 atom stereocenters. The zero-order chi connectivity index (χ0) is 111. The summed E-state index contributed by atoms with van der Waals surface area (Å²) in [6.07, 6.45) is -1.21. The van der Waals surface area contributed by atoms with Crippen LogP contribution < -0.4 is 20.0 Å². The maximum atomic E-state index is 9.84. The monoisotopic (exact) mass is 1600 g/mol. The molecule has 1 N–H and O–H groups in total. The van der Waals surface area contributed by atoms with E-state index in [1.807, 2.05) is 83.1 Å². The van der Waals surface area contributed by atoms with Crippen LogP contribution in [-0.2, 0) is 54.1 Å². The standard InChI is InChI=1S/C52H63ClN2O.C32H37Cl2NO.C20H27N/c1-48(2,3)34-19-24-39(25-20-34)54(41-18-16-17-36(29-41)50(7,8)9)43-31-38(52(13,14)15)32-44(47(43)53)55(40-26-21-35(22-27-40)49(4,5)6)45-33-56-46-28-23-37(30-42(45)46)51(10,11)12;1-30(2,3)20-10-13-23(14-11-20)35(26-18-22(32(7,8)9)17-25(33)29(26)34)27-19-36-28-15-12-21(16-24(27)28)31(4,5)6;1-19(2,3)15-10-12-17(13-11-15)21-18-9-7-8-16(14-18)20(4,5)6/h16-33H,1-15H3;10-19H,1-9H3;7-14,21H,1-6H3/i16D,17D,18D,19D,20D,21D,22D,23D,24D,25D,26D,27D,28D,29D,30D,33D;10D,11D,12D,13D,14D,15D,16D,19D;7D,8D,9D,10D,11D,12D,13D,14D. The largest absolute Gasteiger partial charge is 0.462 e. The normalized spacial score (nSPS) is 16.8. The third-order valence-corrected chi connectivity index (χ3v) is 19.5. The van der Waals surface area contributed by atoms with Crippen LogP contribution in [0.4, 0.5) is 62.6 Å². The van der Waals surface area contributed by atoms with E-state index in [0.717, 1.165) is 15.4 Å². The number of fused-ring (bicyclic) bond motifs is 2. The molecule has 0 fully saturated rings. The van der Waals surface area contributed by atoms with E-state index in [0.29, 0.717) is 5.56 Å². The van der Waals surface area contributed by atoms with E-state index in [4.69, 9.17) is 66.9 Å². The number of rotatable bonds is 11. The summed E-state index contributed by atoms with van der Waals surface area (Å²) < 4.78 is 301. The summed E-state index contributed by atoms with van der Waals surface area (Å²) in [7, 11) is 0. The van der Waals surface area contributed by atoms with E-state index in [2.05, 4.69) is 5.32 Å². The first-order chi connectivity index (χ1) is 65.5. The summed E-state index contributed by atoms with van der Waals surface area (Å²) >= 11 is 21.4. The molecule has 0 spiro atoms. The first kappa shape index (κ1) is 52.8. The van der Waals surface area contributed by atoms with Crippen LogP contribution >= 0.6 is 34.8 Å². The fourth-order valence-corrected chi connectivity index (χ4v) is 11.8. The summed E-state index contributed by atoms with van der Waals surface area (Å²) in [5, 5.41) is 2.37. The topological polar surface area (TPSA) is 48.0 Å². The van der Waals surface area contributed by atoms with E-state index in [1.165, 1.54) is 4.90 Å². The lowest BCUT2D eigenvalue weighted by molar-refractivity contribution is 0.589. The van der Waals surface area contributed by atoms with Crippen molar-refractivity contribution in [3.63, 3.8) is 0 Å². The van der Waals surface area contributed by atoms with Crippen LogP contribution in [0.3, 0.4) is 0 Å². The number of nitrogens with one attached hydrogen (secondary N) is 1. The van der Waals surface area contributed by atoms with Crippen molar-refractivity contribution in [1.82, 2.24) is 0 Å².